The Morgan fingerprint density at radius 1 is 1.48 bits per heavy atom. The lowest BCUT2D eigenvalue weighted by molar-refractivity contribution is -0.270. The first-order valence-corrected chi connectivity index (χ1v) is 6.85. The Morgan fingerprint density at radius 2 is 2.04 bits per heavy atom. The van der Waals surface area contributed by atoms with Gasteiger partial charge in [-0.25, -0.2) is 13.8 Å². The molecule has 1 heterocycles. The topological polar surface area (TPSA) is 163 Å². The molecule has 1 aliphatic heterocycles. The molecule has 0 aliphatic carbocycles. The zero-order valence-corrected chi connectivity index (χ0v) is 12.7. The van der Waals surface area contributed by atoms with Crippen LogP contribution in [-0.2, 0) is 9.53 Å². The number of carbonyl (C=O) groups excluding carboxylic acids is 1. The normalized spacial score (nSPS) is 36.8. The smallest absolute Gasteiger partial charge is 0.240 e. The van der Waals surface area contributed by atoms with E-state index in [2.05, 4.69) is 10.3 Å². The number of rotatable bonds is 5. The van der Waals surface area contributed by atoms with Crippen LogP contribution in [0, 0.1) is 0 Å². The molecule has 0 saturated carbocycles. The molecule has 1 fully saturated rings. The standard InChI is InChI=1S/C12H22F2N4O5/c1-4(20)17-6-7(18-11(15)16)10(13)12(2,14)23-9(6)8(22)5(21)3-19/h5-10,19,21-22H,3H2,1-2H3,(H,17,20)(H4,15,16,18)/t5-,6-,7?,8-,9?,10?,12+/m1/s1. The zero-order chi connectivity index (χ0) is 17.9. The third kappa shape index (κ3) is 4.47. The largest absolute Gasteiger partial charge is 0.394 e. The lowest BCUT2D eigenvalue weighted by Gasteiger charge is -2.46. The van der Waals surface area contributed by atoms with Crippen molar-refractivity contribution < 1.29 is 33.6 Å². The van der Waals surface area contributed by atoms with Crippen molar-refractivity contribution in [3.8, 4) is 0 Å². The fourth-order valence-electron chi connectivity index (χ4n) is 2.41. The SMILES string of the molecule is CC(=O)N[C@@H]1C(N=C(N)N)C(F)[C@@](C)(F)OC1[C@H](O)[C@H](O)CO. The maximum Gasteiger partial charge on any atom is 0.240 e. The molecule has 0 radical (unpaired) electrons. The lowest BCUT2D eigenvalue weighted by atomic mass is 9.87. The molecule has 0 aromatic rings. The first-order chi connectivity index (χ1) is 10.5. The summed E-state index contributed by atoms with van der Waals surface area (Å²) >= 11 is 0. The Bertz CT molecular complexity index is 461. The average molecular weight is 340 g/mol. The molecule has 1 saturated heterocycles. The van der Waals surface area contributed by atoms with E-state index in [-0.39, 0.29) is 0 Å². The van der Waals surface area contributed by atoms with Gasteiger partial charge in [0, 0.05) is 6.92 Å². The van der Waals surface area contributed by atoms with Gasteiger partial charge in [-0.1, -0.05) is 0 Å². The van der Waals surface area contributed by atoms with E-state index in [9.17, 15) is 23.8 Å². The van der Waals surface area contributed by atoms with Crippen LogP contribution >= 0.6 is 0 Å². The lowest BCUT2D eigenvalue weighted by Crippen LogP contribution is -2.68. The minimum Gasteiger partial charge on any atom is -0.394 e. The number of amides is 1. The van der Waals surface area contributed by atoms with E-state index in [1.807, 2.05) is 0 Å². The predicted octanol–water partition coefficient (Wildman–Crippen LogP) is -2.73. The van der Waals surface area contributed by atoms with Gasteiger partial charge in [0.15, 0.2) is 12.1 Å². The number of hydrogen-bond donors (Lipinski definition) is 6. The van der Waals surface area contributed by atoms with E-state index in [0.717, 1.165) is 13.8 Å². The summed E-state index contributed by atoms with van der Waals surface area (Å²) < 4.78 is 33.5. The summed E-state index contributed by atoms with van der Waals surface area (Å²) in [6.07, 6.45) is -7.48. The predicted molar refractivity (Wildman–Crippen MR) is 75.6 cm³/mol. The van der Waals surface area contributed by atoms with E-state index in [0.29, 0.717) is 0 Å². The molecule has 1 rings (SSSR count). The van der Waals surface area contributed by atoms with Crippen LogP contribution in [0.15, 0.2) is 4.99 Å². The van der Waals surface area contributed by atoms with Crippen LogP contribution < -0.4 is 16.8 Å². The van der Waals surface area contributed by atoms with E-state index in [4.69, 9.17) is 21.3 Å². The van der Waals surface area contributed by atoms with Crippen LogP contribution in [0.2, 0.25) is 0 Å². The minimum absolute atomic E-state index is 0.554. The quantitative estimate of drug-likeness (QED) is 0.234. The summed E-state index contributed by atoms with van der Waals surface area (Å²) in [6, 6.07) is -2.97. The monoisotopic (exact) mass is 340 g/mol. The second kappa shape index (κ2) is 7.34. The van der Waals surface area contributed by atoms with Crippen molar-refractivity contribution in [1.82, 2.24) is 5.32 Å². The molecule has 7 atom stereocenters. The number of alkyl halides is 2. The molecule has 8 N–H and O–H groups in total. The van der Waals surface area contributed by atoms with Crippen molar-refractivity contribution in [3.05, 3.63) is 0 Å². The second-order valence-corrected chi connectivity index (χ2v) is 5.48. The highest BCUT2D eigenvalue weighted by atomic mass is 19.2. The number of halogens is 2. The first-order valence-electron chi connectivity index (χ1n) is 6.85. The van der Waals surface area contributed by atoms with Gasteiger partial charge < -0.3 is 36.8 Å². The van der Waals surface area contributed by atoms with Crippen LogP contribution in [0.1, 0.15) is 13.8 Å². The van der Waals surface area contributed by atoms with Crippen molar-refractivity contribution in [2.75, 3.05) is 6.61 Å². The van der Waals surface area contributed by atoms with Crippen molar-refractivity contribution in [2.24, 2.45) is 16.5 Å². The van der Waals surface area contributed by atoms with Gasteiger partial charge in [-0.15, -0.1) is 0 Å². The molecule has 1 amide bonds. The number of nitrogens with zero attached hydrogens (tertiary/aromatic N) is 1. The minimum atomic E-state index is -2.89. The van der Waals surface area contributed by atoms with Gasteiger partial charge in [0.1, 0.15) is 24.4 Å². The number of aliphatic hydroxyl groups is 3. The molecule has 11 heteroatoms. The van der Waals surface area contributed by atoms with Crippen molar-refractivity contribution in [1.29, 1.82) is 0 Å². The number of carbonyl (C=O) groups is 1. The zero-order valence-electron chi connectivity index (χ0n) is 12.7. The number of guanidine groups is 1. The third-order valence-corrected chi connectivity index (χ3v) is 3.47. The van der Waals surface area contributed by atoms with Crippen LogP contribution in [0.5, 0.6) is 0 Å². The number of aliphatic imine (C=N–C) groups is 1. The molecule has 9 nitrogen and oxygen atoms in total. The summed E-state index contributed by atoms with van der Waals surface area (Å²) in [6.45, 7) is 1.01. The Labute approximate surface area is 131 Å². The van der Waals surface area contributed by atoms with Crippen LogP contribution in [-0.4, -0.2) is 76.2 Å². The van der Waals surface area contributed by atoms with E-state index >= 15 is 0 Å². The van der Waals surface area contributed by atoms with Crippen molar-refractivity contribution >= 4 is 11.9 Å². The van der Waals surface area contributed by atoms with Crippen molar-refractivity contribution in [3.63, 3.8) is 0 Å². The van der Waals surface area contributed by atoms with E-state index in [1.165, 1.54) is 0 Å². The van der Waals surface area contributed by atoms with Gasteiger partial charge in [-0.05, 0) is 6.92 Å². The maximum atomic E-state index is 14.3. The molecule has 0 aromatic heterocycles. The Morgan fingerprint density at radius 3 is 2.48 bits per heavy atom. The Kier molecular flexibility index (Phi) is 6.22. The summed E-state index contributed by atoms with van der Waals surface area (Å²) in [4.78, 5) is 14.9. The van der Waals surface area contributed by atoms with Gasteiger partial charge in [-0.3, -0.25) is 4.79 Å². The number of nitrogens with two attached hydrogens (primary N) is 2. The molecule has 3 unspecified atom stereocenters. The molecule has 0 bridgehead atoms. The van der Waals surface area contributed by atoms with Crippen LogP contribution in [0.3, 0.4) is 0 Å². The summed E-state index contributed by atoms with van der Waals surface area (Å²) in [5, 5.41) is 30.7. The molecule has 23 heavy (non-hydrogen) atoms. The summed E-state index contributed by atoms with van der Waals surface area (Å²) in [7, 11) is 0. The third-order valence-electron chi connectivity index (χ3n) is 3.47. The van der Waals surface area contributed by atoms with Gasteiger partial charge in [-0.2, -0.15) is 0 Å². The maximum absolute atomic E-state index is 14.3. The van der Waals surface area contributed by atoms with E-state index < -0.39 is 60.9 Å². The molecule has 134 valence electrons. The van der Waals surface area contributed by atoms with E-state index in [1.54, 1.807) is 0 Å². The van der Waals surface area contributed by atoms with Crippen LogP contribution in [0.4, 0.5) is 8.78 Å². The average Bonchev–Trinajstić information content (AvgIpc) is 2.44. The fourth-order valence-corrected chi connectivity index (χ4v) is 2.41. The highest BCUT2D eigenvalue weighted by Crippen LogP contribution is 2.36. The highest BCUT2D eigenvalue weighted by Gasteiger charge is 2.56. The molecular weight excluding hydrogens is 318 g/mol. The van der Waals surface area contributed by atoms with Crippen LogP contribution in [0.25, 0.3) is 0 Å². The summed E-state index contributed by atoms with van der Waals surface area (Å²) in [5.41, 5.74) is 10.4. The second-order valence-electron chi connectivity index (χ2n) is 5.48. The van der Waals surface area contributed by atoms with Gasteiger partial charge in [0.2, 0.25) is 11.8 Å². The molecular formula is C12H22F2N4O5. The van der Waals surface area contributed by atoms with Gasteiger partial charge in [0.05, 0.1) is 12.6 Å². The fraction of sp³-hybridized carbons (Fsp3) is 0.833. The molecule has 1 aliphatic rings. The van der Waals surface area contributed by atoms with Gasteiger partial charge >= 0.3 is 0 Å². The number of nitrogens with one attached hydrogen (secondary N) is 1. The number of aliphatic hydroxyl groups excluding tert-OH is 3. The highest BCUT2D eigenvalue weighted by molar-refractivity contribution is 5.76. The molecule has 0 aromatic carbocycles. The number of hydrogen-bond acceptors (Lipinski definition) is 6. The Hall–Kier alpha value is -1.56. The number of ether oxygens (including phenoxy) is 1. The molecule has 0 spiro atoms. The van der Waals surface area contributed by atoms with Gasteiger partial charge in [0.25, 0.3) is 0 Å². The summed E-state index contributed by atoms with van der Waals surface area (Å²) in [5.74, 6) is -4.08. The Balaban J connectivity index is 3.28. The first kappa shape index (κ1) is 19.5. The van der Waals surface area contributed by atoms with Crippen molar-refractivity contribution in [2.45, 2.75) is 56.3 Å².